The van der Waals surface area contributed by atoms with E-state index >= 15 is 0 Å². The van der Waals surface area contributed by atoms with E-state index in [1.165, 1.54) is 18.2 Å². The quantitative estimate of drug-likeness (QED) is 0.829. The molecule has 7 nitrogen and oxygen atoms in total. The van der Waals surface area contributed by atoms with Crippen molar-refractivity contribution in [2.24, 2.45) is 0 Å². The molecule has 0 atom stereocenters. The average Bonchev–Trinajstić information content (AvgIpc) is 2.28. The molecule has 0 aliphatic carbocycles. The molecule has 0 aliphatic heterocycles. The Morgan fingerprint density at radius 2 is 2.22 bits per heavy atom. The number of rotatable bonds is 2. The summed E-state index contributed by atoms with van der Waals surface area (Å²) in [6.07, 6.45) is -0.609. The largest absolute Gasteiger partial charge is 0.450 e. The van der Waals surface area contributed by atoms with Gasteiger partial charge in [-0.2, -0.15) is 0 Å². The number of H-pyrrole nitrogens is 1. The van der Waals surface area contributed by atoms with Gasteiger partial charge in [0.25, 0.3) is 0 Å². The number of carbonyl (C=O) groups is 1. The lowest BCUT2D eigenvalue weighted by atomic mass is 10.2. The molecule has 0 saturated carbocycles. The SMILES string of the molecule is CCOC(=O)Nc1ccc2c(=O)oc(=O)[nH]c2c1. The highest BCUT2D eigenvalue weighted by Gasteiger charge is 2.06. The van der Waals surface area contributed by atoms with Crippen molar-refractivity contribution in [2.75, 3.05) is 11.9 Å². The van der Waals surface area contributed by atoms with Crippen LogP contribution in [0.2, 0.25) is 0 Å². The van der Waals surface area contributed by atoms with Gasteiger partial charge in [-0.1, -0.05) is 0 Å². The molecule has 0 saturated heterocycles. The minimum absolute atomic E-state index is 0.226. The van der Waals surface area contributed by atoms with E-state index in [9.17, 15) is 14.4 Å². The normalized spacial score (nSPS) is 10.3. The summed E-state index contributed by atoms with van der Waals surface area (Å²) in [6, 6.07) is 4.40. The van der Waals surface area contributed by atoms with Gasteiger partial charge in [-0.25, -0.2) is 14.4 Å². The summed E-state index contributed by atoms with van der Waals surface area (Å²) in [5.41, 5.74) is -0.0378. The van der Waals surface area contributed by atoms with Gasteiger partial charge < -0.3 is 9.15 Å². The van der Waals surface area contributed by atoms with Gasteiger partial charge in [-0.05, 0) is 25.1 Å². The zero-order valence-electron chi connectivity index (χ0n) is 9.48. The van der Waals surface area contributed by atoms with Gasteiger partial charge in [-0.15, -0.1) is 0 Å². The summed E-state index contributed by atoms with van der Waals surface area (Å²) in [5, 5.41) is 2.68. The van der Waals surface area contributed by atoms with E-state index in [2.05, 4.69) is 14.7 Å². The first-order valence-corrected chi connectivity index (χ1v) is 5.21. The van der Waals surface area contributed by atoms with Crippen LogP contribution in [0.25, 0.3) is 10.9 Å². The molecule has 0 aliphatic rings. The summed E-state index contributed by atoms with van der Waals surface area (Å²) >= 11 is 0. The predicted octanol–water partition coefficient (Wildman–Crippen LogP) is 1.05. The van der Waals surface area contributed by atoms with Gasteiger partial charge in [0, 0.05) is 5.69 Å². The van der Waals surface area contributed by atoms with Gasteiger partial charge in [0.05, 0.1) is 17.5 Å². The van der Waals surface area contributed by atoms with Crippen molar-refractivity contribution in [3.8, 4) is 0 Å². The van der Waals surface area contributed by atoms with Crippen molar-refractivity contribution in [1.29, 1.82) is 0 Å². The van der Waals surface area contributed by atoms with E-state index in [0.717, 1.165) is 0 Å². The molecule has 1 heterocycles. The zero-order valence-corrected chi connectivity index (χ0v) is 9.48. The Kier molecular flexibility index (Phi) is 3.13. The summed E-state index contributed by atoms with van der Waals surface area (Å²) in [6.45, 7) is 1.93. The van der Waals surface area contributed by atoms with Crippen LogP contribution in [0.4, 0.5) is 10.5 Å². The first-order chi connectivity index (χ1) is 8.60. The molecule has 2 rings (SSSR count). The molecule has 94 valence electrons. The lowest BCUT2D eigenvalue weighted by molar-refractivity contribution is 0.168. The highest BCUT2D eigenvalue weighted by Crippen LogP contribution is 2.13. The monoisotopic (exact) mass is 250 g/mol. The van der Waals surface area contributed by atoms with E-state index in [0.29, 0.717) is 5.69 Å². The second-order valence-corrected chi connectivity index (χ2v) is 3.41. The number of carbonyl (C=O) groups excluding carboxylic acids is 1. The van der Waals surface area contributed by atoms with Gasteiger partial charge >= 0.3 is 17.5 Å². The number of amides is 1. The molecular formula is C11H10N2O5. The average molecular weight is 250 g/mol. The Morgan fingerprint density at radius 3 is 2.94 bits per heavy atom. The number of hydrogen-bond acceptors (Lipinski definition) is 5. The highest BCUT2D eigenvalue weighted by atomic mass is 16.5. The van der Waals surface area contributed by atoms with Gasteiger partial charge in [0.1, 0.15) is 0 Å². The summed E-state index contributed by atoms with van der Waals surface area (Å²) in [5.74, 6) is -0.846. The number of aromatic amines is 1. The van der Waals surface area contributed by atoms with Crippen molar-refractivity contribution in [1.82, 2.24) is 4.98 Å². The van der Waals surface area contributed by atoms with E-state index in [1.807, 2.05) is 0 Å². The Bertz CT molecular complexity index is 700. The third-order valence-electron chi connectivity index (χ3n) is 2.18. The number of aromatic nitrogens is 1. The molecule has 2 aromatic rings. The first kappa shape index (κ1) is 11.9. The second kappa shape index (κ2) is 4.74. The molecule has 1 aromatic carbocycles. The molecule has 1 aromatic heterocycles. The maximum Gasteiger partial charge on any atom is 0.419 e. The van der Waals surface area contributed by atoms with Gasteiger partial charge in [-0.3, -0.25) is 10.3 Å². The number of benzene rings is 1. The summed E-state index contributed by atoms with van der Waals surface area (Å²) in [4.78, 5) is 35.9. The van der Waals surface area contributed by atoms with Gasteiger partial charge in [0.15, 0.2) is 0 Å². The van der Waals surface area contributed by atoms with Crippen molar-refractivity contribution < 1.29 is 13.9 Å². The smallest absolute Gasteiger partial charge is 0.419 e. The van der Waals surface area contributed by atoms with E-state index in [4.69, 9.17) is 4.74 Å². The molecule has 2 N–H and O–H groups in total. The van der Waals surface area contributed by atoms with Gasteiger partial charge in [0.2, 0.25) is 0 Å². The molecule has 0 fully saturated rings. The molecule has 18 heavy (non-hydrogen) atoms. The summed E-state index contributed by atoms with van der Waals surface area (Å²) in [7, 11) is 0. The number of ether oxygens (including phenoxy) is 1. The van der Waals surface area contributed by atoms with Crippen molar-refractivity contribution in [3.05, 3.63) is 39.2 Å². The zero-order chi connectivity index (χ0) is 13.1. The second-order valence-electron chi connectivity index (χ2n) is 3.41. The lowest BCUT2D eigenvalue weighted by Crippen LogP contribution is -2.16. The van der Waals surface area contributed by atoms with E-state index in [-0.39, 0.29) is 17.5 Å². The molecule has 0 bridgehead atoms. The van der Waals surface area contributed by atoms with Crippen LogP contribution in [0.3, 0.4) is 0 Å². The maximum absolute atomic E-state index is 11.3. The number of nitrogens with one attached hydrogen (secondary N) is 2. The van der Waals surface area contributed by atoms with Crippen LogP contribution in [0, 0.1) is 0 Å². The fourth-order valence-electron chi connectivity index (χ4n) is 1.46. The van der Waals surface area contributed by atoms with Crippen molar-refractivity contribution in [3.63, 3.8) is 0 Å². The van der Waals surface area contributed by atoms with Crippen LogP contribution in [0.5, 0.6) is 0 Å². The Hall–Kier alpha value is -2.57. The Morgan fingerprint density at radius 1 is 1.44 bits per heavy atom. The standard InChI is InChI=1S/C11H10N2O5/c1-2-17-10(15)12-6-3-4-7-8(5-6)13-11(16)18-9(7)14/h3-5H,2H2,1H3,(H,12,15)(H,13,16). The van der Waals surface area contributed by atoms with Crippen molar-refractivity contribution in [2.45, 2.75) is 6.92 Å². The molecule has 0 unspecified atom stereocenters. The molecule has 0 radical (unpaired) electrons. The Balaban J connectivity index is 2.41. The molecule has 7 heteroatoms. The van der Waals surface area contributed by atoms with Crippen LogP contribution in [0.15, 0.2) is 32.2 Å². The van der Waals surface area contributed by atoms with E-state index in [1.54, 1.807) is 6.92 Å². The van der Waals surface area contributed by atoms with Crippen LogP contribution in [-0.4, -0.2) is 17.7 Å². The first-order valence-electron chi connectivity index (χ1n) is 5.21. The minimum atomic E-state index is -0.846. The van der Waals surface area contributed by atoms with Crippen LogP contribution < -0.4 is 16.7 Å². The minimum Gasteiger partial charge on any atom is -0.450 e. The fraction of sp³-hybridized carbons (Fsp3) is 0.182. The lowest BCUT2D eigenvalue weighted by Gasteiger charge is -2.05. The number of anilines is 1. The van der Waals surface area contributed by atoms with Crippen LogP contribution >= 0.6 is 0 Å². The maximum atomic E-state index is 11.3. The third kappa shape index (κ3) is 2.40. The number of fused-ring (bicyclic) bond motifs is 1. The molecular weight excluding hydrogens is 240 g/mol. The molecule has 1 amide bonds. The number of hydrogen-bond donors (Lipinski definition) is 2. The highest BCUT2D eigenvalue weighted by molar-refractivity contribution is 5.89. The van der Waals surface area contributed by atoms with Crippen LogP contribution in [0.1, 0.15) is 6.92 Å². The topological polar surface area (TPSA) is 101 Å². The molecule has 0 spiro atoms. The Labute approximate surface area is 100 Å². The van der Waals surface area contributed by atoms with Crippen LogP contribution in [-0.2, 0) is 4.74 Å². The summed E-state index contributed by atoms with van der Waals surface area (Å²) < 4.78 is 9.07. The predicted molar refractivity (Wildman–Crippen MR) is 63.7 cm³/mol. The fourth-order valence-corrected chi connectivity index (χ4v) is 1.46. The third-order valence-corrected chi connectivity index (χ3v) is 2.18. The van der Waals surface area contributed by atoms with Crippen molar-refractivity contribution >= 4 is 22.7 Å². The van der Waals surface area contributed by atoms with E-state index < -0.39 is 17.5 Å².